The van der Waals surface area contributed by atoms with Crippen molar-refractivity contribution in [2.24, 2.45) is 5.92 Å². The number of nitrogens with one attached hydrogen (secondary N) is 1. The van der Waals surface area contributed by atoms with Gasteiger partial charge in [0.1, 0.15) is 0 Å². The minimum absolute atomic E-state index is 0.0400. The second kappa shape index (κ2) is 11.3. The fourth-order valence-corrected chi connectivity index (χ4v) is 2.77. The van der Waals surface area contributed by atoms with Gasteiger partial charge in [0.05, 0.1) is 4.83 Å². The smallest absolute Gasteiger partial charge is 0.234 e. The lowest BCUT2D eigenvalue weighted by atomic mass is 9.92. The summed E-state index contributed by atoms with van der Waals surface area (Å²) in [6, 6.07) is 0. The van der Waals surface area contributed by atoms with Crippen molar-refractivity contribution >= 4 is 37.8 Å². The van der Waals surface area contributed by atoms with Gasteiger partial charge < -0.3 is 5.32 Å². The third-order valence-corrected chi connectivity index (χ3v) is 4.57. The molecule has 0 aromatic rings. The average Bonchev–Trinajstić information content (AvgIpc) is 2.35. The predicted octanol–water partition coefficient (Wildman–Crippen LogP) is 4.65. The number of hydrogen-bond donors (Lipinski definition) is 1. The summed E-state index contributed by atoms with van der Waals surface area (Å²) in [4.78, 5) is 12.3. The summed E-state index contributed by atoms with van der Waals surface area (Å²) in [7, 11) is 0. The largest absolute Gasteiger partial charge is 0.354 e. The second-order valence-electron chi connectivity index (χ2n) is 4.97. The molecule has 0 aromatic heterocycles. The Morgan fingerprint density at radius 3 is 2.00 bits per heavy atom. The maximum Gasteiger partial charge on any atom is 0.234 e. The van der Waals surface area contributed by atoms with E-state index >= 15 is 0 Å². The molecule has 0 aliphatic carbocycles. The van der Waals surface area contributed by atoms with Crippen molar-refractivity contribution in [1.29, 1.82) is 0 Å². The number of amides is 1. The first kappa shape index (κ1) is 18.4. The highest BCUT2D eigenvalue weighted by atomic mass is 79.9. The van der Waals surface area contributed by atoms with E-state index in [-0.39, 0.29) is 10.7 Å². The Morgan fingerprint density at radius 2 is 1.61 bits per heavy atom. The number of unbranched alkanes of at least 4 members (excludes halogenated alkanes) is 2. The SMILES string of the molecule is CCCCC(CCCC)C(Br)C(=O)NCC(C)Br. The number of alkyl halides is 2. The second-order valence-corrected chi connectivity index (χ2v) is 7.52. The lowest BCUT2D eigenvalue weighted by molar-refractivity contribution is -0.121. The standard InChI is InChI=1S/C14H27Br2NO/c1-4-6-8-12(9-7-5-2)13(16)14(18)17-10-11(3)15/h11-13H,4-10H2,1-3H3,(H,17,18). The van der Waals surface area contributed by atoms with Crippen LogP contribution in [0.5, 0.6) is 0 Å². The molecule has 2 atom stereocenters. The van der Waals surface area contributed by atoms with Crippen LogP contribution >= 0.6 is 31.9 Å². The van der Waals surface area contributed by atoms with Crippen LogP contribution in [-0.2, 0) is 4.79 Å². The highest BCUT2D eigenvalue weighted by Crippen LogP contribution is 2.25. The minimum atomic E-state index is -0.0400. The van der Waals surface area contributed by atoms with Crippen molar-refractivity contribution in [2.45, 2.75) is 69.0 Å². The van der Waals surface area contributed by atoms with Gasteiger partial charge in [-0.1, -0.05) is 78.3 Å². The van der Waals surface area contributed by atoms with Crippen LogP contribution in [0.15, 0.2) is 0 Å². The van der Waals surface area contributed by atoms with Crippen LogP contribution in [0.3, 0.4) is 0 Å². The van der Waals surface area contributed by atoms with Gasteiger partial charge in [0.25, 0.3) is 0 Å². The quantitative estimate of drug-likeness (QED) is 0.546. The van der Waals surface area contributed by atoms with E-state index < -0.39 is 0 Å². The molecule has 0 fully saturated rings. The highest BCUT2D eigenvalue weighted by molar-refractivity contribution is 9.10. The van der Waals surface area contributed by atoms with Gasteiger partial charge in [-0.25, -0.2) is 0 Å². The molecular formula is C14H27Br2NO. The van der Waals surface area contributed by atoms with E-state index in [1.807, 2.05) is 6.92 Å². The molecular weight excluding hydrogens is 358 g/mol. The molecule has 1 amide bonds. The van der Waals surface area contributed by atoms with Crippen LogP contribution in [0, 0.1) is 5.92 Å². The van der Waals surface area contributed by atoms with Crippen molar-refractivity contribution in [2.75, 3.05) is 6.54 Å². The van der Waals surface area contributed by atoms with E-state index in [2.05, 4.69) is 51.0 Å². The number of carbonyl (C=O) groups excluding carboxylic acids is 1. The van der Waals surface area contributed by atoms with Crippen LogP contribution in [-0.4, -0.2) is 22.1 Å². The lowest BCUT2D eigenvalue weighted by Gasteiger charge is -2.22. The van der Waals surface area contributed by atoms with Crippen molar-refractivity contribution < 1.29 is 4.79 Å². The molecule has 0 rings (SSSR count). The minimum Gasteiger partial charge on any atom is -0.354 e. The predicted molar refractivity (Wildman–Crippen MR) is 86.7 cm³/mol. The average molecular weight is 385 g/mol. The molecule has 0 bridgehead atoms. The fraction of sp³-hybridized carbons (Fsp3) is 0.929. The fourth-order valence-electron chi connectivity index (χ4n) is 1.92. The summed E-state index contributed by atoms with van der Waals surface area (Å²) in [5.74, 6) is 0.606. The van der Waals surface area contributed by atoms with Crippen LogP contribution in [0.4, 0.5) is 0 Å². The maximum absolute atomic E-state index is 12.0. The van der Waals surface area contributed by atoms with Crippen molar-refractivity contribution in [3.05, 3.63) is 0 Å². The van der Waals surface area contributed by atoms with Crippen LogP contribution in [0.1, 0.15) is 59.3 Å². The van der Waals surface area contributed by atoms with Gasteiger partial charge >= 0.3 is 0 Å². The molecule has 1 N–H and O–H groups in total. The molecule has 0 spiro atoms. The zero-order chi connectivity index (χ0) is 14.0. The Morgan fingerprint density at radius 1 is 1.11 bits per heavy atom. The monoisotopic (exact) mass is 383 g/mol. The Bertz CT molecular complexity index is 214. The first-order chi connectivity index (χ1) is 8.52. The Kier molecular flexibility index (Phi) is 11.5. The number of carbonyl (C=O) groups is 1. The van der Waals surface area contributed by atoms with Crippen LogP contribution in [0.25, 0.3) is 0 Å². The zero-order valence-electron chi connectivity index (χ0n) is 11.8. The summed E-state index contributed by atoms with van der Waals surface area (Å²) in [5.41, 5.74) is 0. The van der Waals surface area contributed by atoms with Gasteiger partial charge in [0.2, 0.25) is 5.91 Å². The van der Waals surface area contributed by atoms with E-state index in [0.29, 0.717) is 17.3 Å². The van der Waals surface area contributed by atoms with Gasteiger partial charge in [-0.2, -0.15) is 0 Å². The number of halogens is 2. The van der Waals surface area contributed by atoms with Crippen molar-refractivity contribution in [3.8, 4) is 0 Å². The zero-order valence-corrected chi connectivity index (χ0v) is 15.0. The van der Waals surface area contributed by atoms with E-state index in [1.54, 1.807) is 0 Å². The van der Waals surface area contributed by atoms with E-state index in [1.165, 1.54) is 25.7 Å². The molecule has 0 saturated heterocycles. The van der Waals surface area contributed by atoms with Crippen LogP contribution < -0.4 is 5.32 Å². The molecule has 0 saturated carbocycles. The normalized spacial score (nSPS) is 14.6. The molecule has 108 valence electrons. The van der Waals surface area contributed by atoms with Gasteiger partial charge in [-0.3, -0.25) is 4.79 Å². The molecule has 0 aliphatic rings. The van der Waals surface area contributed by atoms with E-state index in [4.69, 9.17) is 0 Å². The molecule has 0 aliphatic heterocycles. The summed E-state index contributed by atoms with van der Waals surface area (Å²) in [6.45, 7) is 7.13. The maximum atomic E-state index is 12.0. The first-order valence-electron chi connectivity index (χ1n) is 7.08. The Hall–Kier alpha value is 0.430. The molecule has 2 unspecified atom stereocenters. The third-order valence-electron chi connectivity index (χ3n) is 3.08. The summed E-state index contributed by atoms with van der Waals surface area (Å²) in [6.07, 6.45) is 7.09. The molecule has 0 heterocycles. The molecule has 4 heteroatoms. The first-order valence-corrected chi connectivity index (χ1v) is 8.91. The molecule has 0 aromatic carbocycles. The summed E-state index contributed by atoms with van der Waals surface area (Å²) < 4.78 is 0. The molecule has 0 radical (unpaired) electrons. The summed E-state index contributed by atoms with van der Waals surface area (Å²) >= 11 is 7.04. The topological polar surface area (TPSA) is 29.1 Å². The third kappa shape index (κ3) is 8.52. The van der Waals surface area contributed by atoms with Gasteiger partial charge in [0, 0.05) is 11.4 Å². The highest BCUT2D eigenvalue weighted by Gasteiger charge is 2.24. The van der Waals surface area contributed by atoms with E-state index in [0.717, 1.165) is 12.8 Å². The van der Waals surface area contributed by atoms with E-state index in [9.17, 15) is 4.79 Å². The van der Waals surface area contributed by atoms with Gasteiger partial charge in [0.15, 0.2) is 0 Å². The van der Waals surface area contributed by atoms with Gasteiger partial charge in [-0.15, -0.1) is 0 Å². The van der Waals surface area contributed by atoms with Crippen molar-refractivity contribution in [1.82, 2.24) is 5.32 Å². The number of rotatable bonds is 10. The van der Waals surface area contributed by atoms with Crippen molar-refractivity contribution in [3.63, 3.8) is 0 Å². The van der Waals surface area contributed by atoms with Gasteiger partial charge in [-0.05, 0) is 18.8 Å². The number of hydrogen-bond acceptors (Lipinski definition) is 1. The summed E-state index contributed by atoms with van der Waals surface area (Å²) in [5, 5.41) is 2.98. The lowest BCUT2D eigenvalue weighted by Crippen LogP contribution is -2.38. The molecule has 2 nitrogen and oxygen atoms in total. The molecule has 18 heavy (non-hydrogen) atoms. The Balaban J connectivity index is 4.23. The van der Waals surface area contributed by atoms with Crippen LogP contribution in [0.2, 0.25) is 0 Å². The Labute approximate surface area is 129 Å².